The minimum atomic E-state index is -1.38. The highest BCUT2D eigenvalue weighted by Crippen LogP contribution is 2.30. The van der Waals surface area contributed by atoms with E-state index in [1.807, 2.05) is 31.2 Å². The van der Waals surface area contributed by atoms with E-state index in [2.05, 4.69) is 11.5 Å². The number of carboxylic acid groups (broad SMARTS) is 1. The number of carbonyl (C=O) groups excluding carboxylic acids is 1. The number of hydrogen-bond acceptors (Lipinski definition) is 4. The lowest BCUT2D eigenvalue weighted by molar-refractivity contribution is -0.384. The Morgan fingerprint density at radius 1 is 1.14 bits per heavy atom. The zero-order valence-electron chi connectivity index (χ0n) is 15.6. The summed E-state index contributed by atoms with van der Waals surface area (Å²) in [5.41, 5.74) is 1.31. The van der Waals surface area contributed by atoms with Gasteiger partial charge in [-0.25, -0.2) is 4.79 Å². The maximum Gasteiger partial charge on any atom is 0.336 e. The number of carboxylic acids is 1. The molecule has 0 saturated heterocycles. The lowest BCUT2D eigenvalue weighted by atomic mass is 9.96. The molecule has 0 radical (unpaired) electrons. The van der Waals surface area contributed by atoms with Crippen molar-refractivity contribution in [1.82, 2.24) is 4.57 Å². The van der Waals surface area contributed by atoms with Crippen LogP contribution in [0.2, 0.25) is 0 Å². The van der Waals surface area contributed by atoms with Gasteiger partial charge in [-0.15, -0.1) is 0 Å². The number of para-hydroxylation sites is 1. The number of fused-ring (bicyclic) bond motifs is 1. The van der Waals surface area contributed by atoms with E-state index in [1.54, 1.807) is 0 Å². The Hall–Kier alpha value is -3.48. The molecule has 2 aromatic carbocycles. The van der Waals surface area contributed by atoms with Crippen molar-refractivity contribution in [3.63, 3.8) is 0 Å². The predicted octanol–water partition coefficient (Wildman–Crippen LogP) is 4.59. The number of rotatable bonds is 7. The van der Waals surface area contributed by atoms with Crippen molar-refractivity contribution in [2.45, 2.75) is 33.2 Å². The number of hydrogen-bond donors (Lipinski definition) is 1. The number of non-ortho nitro benzene ring substituents is 1. The zero-order chi connectivity index (χ0) is 20.4. The lowest BCUT2D eigenvalue weighted by Gasteiger charge is -2.08. The number of carbonyl (C=O) groups is 2. The van der Waals surface area contributed by atoms with Crippen LogP contribution in [0.15, 0.2) is 42.5 Å². The molecule has 0 aliphatic heterocycles. The first kappa shape index (κ1) is 19.3. The summed E-state index contributed by atoms with van der Waals surface area (Å²) >= 11 is 0. The van der Waals surface area contributed by atoms with E-state index < -0.39 is 16.7 Å². The zero-order valence-corrected chi connectivity index (χ0v) is 15.6. The Morgan fingerprint density at radius 2 is 1.86 bits per heavy atom. The van der Waals surface area contributed by atoms with Crippen LogP contribution >= 0.6 is 0 Å². The van der Waals surface area contributed by atoms with Gasteiger partial charge < -0.3 is 9.67 Å². The number of benzene rings is 2. The van der Waals surface area contributed by atoms with Crippen molar-refractivity contribution >= 4 is 28.3 Å². The van der Waals surface area contributed by atoms with Crippen LogP contribution in [0.5, 0.6) is 0 Å². The number of aryl methyl sites for hydroxylation is 1. The number of aromatic carboxylic acids is 1. The number of nitro benzene ring substituents is 1. The van der Waals surface area contributed by atoms with Gasteiger partial charge in [-0.3, -0.25) is 14.9 Å². The maximum absolute atomic E-state index is 13.3. The minimum Gasteiger partial charge on any atom is -0.478 e. The van der Waals surface area contributed by atoms with Gasteiger partial charge in [-0.1, -0.05) is 31.5 Å². The third-order valence-electron chi connectivity index (χ3n) is 4.88. The van der Waals surface area contributed by atoms with Crippen LogP contribution in [0.25, 0.3) is 10.9 Å². The van der Waals surface area contributed by atoms with E-state index in [-0.39, 0.29) is 16.8 Å². The number of nitrogens with zero attached hydrogens (tertiary/aromatic N) is 2. The number of nitro groups is 1. The molecule has 7 nitrogen and oxygen atoms in total. The Balaban J connectivity index is 2.21. The molecule has 0 aliphatic carbocycles. The highest BCUT2D eigenvalue weighted by molar-refractivity contribution is 6.20. The number of aromatic nitrogens is 1. The van der Waals surface area contributed by atoms with Gasteiger partial charge in [0.1, 0.15) is 0 Å². The van der Waals surface area contributed by atoms with Gasteiger partial charge >= 0.3 is 5.97 Å². The maximum atomic E-state index is 13.3. The van der Waals surface area contributed by atoms with Gasteiger partial charge in [-0.2, -0.15) is 0 Å². The SMILES string of the molecule is CCCCn1c(C)c(C(=O)c2ccc([N+](=O)[O-])cc2C(=O)O)c2ccccc21. The second kappa shape index (κ2) is 7.64. The van der Waals surface area contributed by atoms with E-state index in [4.69, 9.17) is 0 Å². The molecule has 0 aliphatic rings. The minimum absolute atomic E-state index is 0.0559. The highest BCUT2D eigenvalue weighted by atomic mass is 16.6. The molecule has 0 fully saturated rings. The summed E-state index contributed by atoms with van der Waals surface area (Å²) in [4.78, 5) is 35.3. The summed E-state index contributed by atoms with van der Waals surface area (Å²) in [5.74, 6) is -1.82. The standard InChI is InChI=1S/C21H20N2O5/c1-3-4-11-22-13(2)19(16-7-5-6-8-18(16)22)20(24)15-10-9-14(23(27)28)12-17(15)21(25)26/h5-10,12H,3-4,11H2,1-2H3,(H,25,26). The molecule has 0 atom stereocenters. The molecule has 1 heterocycles. The third kappa shape index (κ3) is 3.26. The topological polar surface area (TPSA) is 102 Å². The lowest BCUT2D eigenvalue weighted by Crippen LogP contribution is -2.12. The van der Waals surface area contributed by atoms with Gasteiger partial charge in [0.05, 0.1) is 16.1 Å². The van der Waals surface area contributed by atoms with Gasteiger partial charge in [0.2, 0.25) is 0 Å². The largest absolute Gasteiger partial charge is 0.478 e. The molecule has 28 heavy (non-hydrogen) atoms. The van der Waals surface area contributed by atoms with Crippen molar-refractivity contribution in [3.05, 3.63) is 75.0 Å². The average Bonchev–Trinajstić information content (AvgIpc) is 2.96. The normalized spacial score (nSPS) is 10.9. The summed E-state index contributed by atoms with van der Waals surface area (Å²) in [5, 5.41) is 21.2. The smallest absolute Gasteiger partial charge is 0.336 e. The number of unbranched alkanes of at least 4 members (excludes halogenated alkanes) is 1. The van der Waals surface area contributed by atoms with Gasteiger partial charge in [0.25, 0.3) is 5.69 Å². The molecule has 0 amide bonds. The third-order valence-corrected chi connectivity index (χ3v) is 4.88. The van der Waals surface area contributed by atoms with E-state index in [1.165, 1.54) is 6.07 Å². The van der Waals surface area contributed by atoms with E-state index in [9.17, 15) is 24.8 Å². The average molecular weight is 380 g/mol. The van der Waals surface area contributed by atoms with Gasteiger partial charge in [0.15, 0.2) is 5.78 Å². The molecular formula is C21H20N2O5. The van der Waals surface area contributed by atoms with Crippen LogP contribution in [0.1, 0.15) is 51.7 Å². The molecule has 0 spiro atoms. The molecule has 1 aromatic heterocycles. The van der Waals surface area contributed by atoms with Crippen molar-refractivity contribution < 1.29 is 19.6 Å². The Kier molecular flexibility index (Phi) is 5.26. The van der Waals surface area contributed by atoms with E-state index in [0.29, 0.717) is 5.56 Å². The molecule has 0 unspecified atom stereocenters. The molecule has 1 N–H and O–H groups in total. The molecule has 0 saturated carbocycles. The molecule has 3 rings (SSSR count). The first-order valence-electron chi connectivity index (χ1n) is 9.01. The molecule has 7 heteroatoms. The second-order valence-electron chi connectivity index (χ2n) is 6.60. The molecular weight excluding hydrogens is 360 g/mol. The number of ketones is 1. The van der Waals surface area contributed by atoms with E-state index in [0.717, 1.165) is 48.1 Å². The fourth-order valence-corrected chi connectivity index (χ4v) is 3.48. The summed E-state index contributed by atoms with van der Waals surface area (Å²) in [6, 6.07) is 10.8. The summed E-state index contributed by atoms with van der Waals surface area (Å²) in [6.07, 6.45) is 1.95. The summed E-state index contributed by atoms with van der Waals surface area (Å²) in [6.45, 7) is 4.68. The Bertz CT molecular complexity index is 1100. The van der Waals surface area contributed by atoms with Crippen LogP contribution in [0.3, 0.4) is 0 Å². The first-order valence-corrected chi connectivity index (χ1v) is 9.01. The molecule has 3 aromatic rings. The summed E-state index contributed by atoms with van der Waals surface area (Å²) < 4.78 is 2.07. The Morgan fingerprint density at radius 3 is 2.50 bits per heavy atom. The van der Waals surface area contributed by atoms with Gasteiger partial charge in [-0.05, 0) is 25.5 Å². The van der Waals surface area contributed by atoms with Crippen molar-refractivity contribution in [1.29, 1.82) is 0 Å². The molecule has 144 valence electrons. The monoisotopic (exact) mass is 380 g/mol. The fourth-order valence-electron chi connectivity index (χ4n) is 3.48. The van der Waals surface area contributed by atoms with Crippen molar-refractivity contribution in [3.8, 4) is 0 Å². The van der Waals surface area contributed by atoms with E-state index >= 15 is 0 Å². The van der Waals surface area contributed by atoms with Crippen LogP contribution in [0.4, 0.5) is 5.69 Å². The Labute approximate surface area is 161 Å². The first-order chi connectivity index (χ1) is 13.4. The van der Waals surface area contributed by atoms with Crippen LogP contribution < -0.4 is 0 Å². The van der Waals surface area contributed by atoms with Crippen molar-refractivity contribution in [2.75, 3.05) is 0 Å². The van der Waals surface area contributed by atoms with Crippen LogP contribution in [-0.4, -0.2) is 26.3 Å². The quantitative estimate of drug-likeness (QED) is 0.367. The summed E-state index contributed by atoms with van der Waals surface area (Å²) in [7, 11) is 0. The molecule has 0 bridgehead atoms. The second-order valence-corrected chi connectivity index (χ2v) is 6.60. The predicted molar refractivity (Wildman–Crippen MR) is 105 cm³/mol. The fraction of sp³-hybridized carbons (Fsp3) is 0.238. The highest BCUT2D eigenvalue weighted by Gasteiger charge is 2.26. The van der Waals surface area contributed by atoms with Crippen molar-refractivity contribution in [2.24, 2.45) is 0 Å². The van der Waals surface area contributed by atoms with Gasteiger partial charge in [0, 0.05) is 40.8 Å². The van der Waals surface area contributed by atoms with Crippen LogP contribution in [0, 0.1) is 17.0 Å². The van der Waals surface area contributed by atoms with Crippen LogP contribution in [-0.2, 0) is 6.54 Å².